The summed E-state index contributed by atoms with van der Waals surface area (Å²) < 4.78 is 33.2. The summed E-state index contributed by atoms with van der Waals surface area (Å²) >= 11 is 5.90. The number of hydrogen-bond acceptors (Lipinski definition) is 4. The molecule has 2 aromatic carbocycles. The first kappa shape index (κ1) is 18.5. The summed E-state index contributed by atoms with van der Waals surface area (Å²) in [4.78, 5) is 4.70. The Morgan fingerprint density at radius 1 is 1.12 bits per heavy atom. The lowest BCUT2D eigenvalue weighted by atomic mass is 10.1. The molecule has 0 saturated heterocycles. The van der Waals surface area contributed by atoms with Gasteiger partial charge in [0.25, 0.3) is 10.0 Å². The molecule has 1 heterocycles. The summed E-state index contributed by atoms with van der Waals surface area (Å²) in [5.41, 5.74) is 2.06. The number of aliphatic imine (C=N–C) groups is 1. The lowest BCUT2D eigenvalue weighted by molar-refractivity contribution is 0.336. The zero-order valence-corrected chi connectivity index (χ0v) is 16.1. The van der Waals surface area contributed by atoms with Crippen molar-refractivity contribution in [3.8, 4) is 5.75 Å². The van der Waals surface area contributed by atoms with Gasteiger partial charge < -0.3 is 4.74 Å². The van der Waals surface area contributed by atoms with Crippen molar-refractivity contribution >= 4 is 32.4 Å². The Hall–Kier alpha value is -2.31. The maximum Gasteiger partial charge on any atom is 0.264 e. The molecule has 0 amide bonds. The minimum absolute atomic E-state index is 0.228. The van der Waals surface area contributed by atoms with Gasteiger partial charge in [0.2, 0.25) is 0 Å². The van der Waals surface area contributed by atoms with Crippen LogP contribution in [-0.4, -0.2) is 20.9 Å². The summed E-state index contributed by atoms with van der Waals surface area (Å²) in [5, 5.41) is 0.553. The summed E-state index contributed by atoms with van der Waals surface area (Å²) in [7, 11) is -3.65. The van der Waals surface area contributed by atoms with Gasteiger partial charge in [-0.05, 0) is 37.6 Å². The predicted molar refractivity (Wildman–Crippen MR) is 105 cm³/mol. The molecule has 3 rings (SSSR count). The van der Waals surface area contributed by atoms with Gasteiger partial charge in [0.1, 0.15) is 16.5 Å². The van der Waals surface area contributed by atoms with Gasteiger partial charge >= 0.3 is 0 Å². The van der Waals surface area contributed by atoms with E-state index >= 15 is 0 Å². The number of hydrogen-bond donors (Lipinski definition) is 1. The van der Waals surface area contributed by atoms with Gasteiger partial charge in [0.05, 0.1) is 13.2 Å². The van der Waals surface area contributed by atoms with Crippen molar-refractivity contribution < 1.29 is 13.2 Å². The van der Waals surface area contributed by atoms with Crippen molar-refractivity contribution in [3.05, 3.63) is 70.3 Å². The van der Waals surface area contributed by atoms with E-state index < -0.39 is 10.0 Å². The van der Waals surface area contributed by atoms with Gasteiger partial charge in [-0.2, -0.15) is 0 Å². The zero-order valence-electron chi connectivity index (χ0n) is 14.5. The van der Waals surface area contributed by atoms with Gasteiger partial charge in [-0.15, -0.1) is 0 Å². The molecular weight excluding hydrogens is 372 g/mol. The Morgan fingerprint density at radius 2 is 1.81 bits per heavy atom. The number of amidine groups is 1. The molecule has 0 saturated carbocycles. The van der Waals surface area contributed by atoms with Crippen LogP contribution in [0.15, 0.2) is 59.1 Å². The average molecular weight is 391 g/mol. The maximum atomic E-state index is 12.5. The summed E-state index contributed by atoms with van der Waals surface area (Å²) in [6.45, 7) is 4.53. The zero-order chi connectivity index (χ0) is 18.7. The third kappa shape index (κ3) is 3.76. The van der Waals surface area contributed by atoms with Crippen LogP contribution in [-0.2, 0) is 16.6 Å². The molecule has 0 unspecified atom stereocenters. The third-order valence-corrected chi connectivity index (χ3v) is 5.78. The second-order valence-electron chi connectivity index (χ2n) is 5.77. The molecule has 5 nitrogen and oxygen atoms in total. The molecular formula is C19H19ClN2O3S. The van der Waals surface area contributed by atoms with Crippen molar-refractivity contribution in [2.24, 2.45) is 4.99 Å². The molecule has 136 valence electrons. The average Bonchev–Trinajstić information content (AvgIpc) is 2.84. The first-order chi connectivity index (χ1) is 12.4. The molecule has 7 heteroatoms. The third-order valence-electron chi connectivity index (χ3n) is 3.98. The fraction of sp³-hybridized carbons (Fsp3) is 0.211. The summed E-state index contributed by atoms with van der Waals surface area (Å²) in [6.07, 6.45) is 0. The fourth-order valence-corrected chi connectivity index (χ4v) is 4.43. The van der Waals surface area contributed by atoms with E-state index in [1.165, 1.54) is 0 Å². The molecule has 0 bridgehead atoms. The normalized spacial score (nSPS) is 17.4. The molecule has 2 aromatic rings. The molecule has 0 fully saturated rings. The highest BCUT2D eigenvalue weighted by Crippen LogP contribution is 2.31. The van der Waals surface area contributed by atoms with Crippen LogP contribution in [0.2, 0.25) is 5.02 Å². The van der Waals surface area contributed by atoms with E-state index in [4.69, 9.17) is 16.3 Å². The van der Waals surface area contributed by atoms with Gasteiger partial charge in [-0.3, -0.25) is 9.71 Å². The Kier molecular flexibility index (Phi) is 5.34. The van der Waals surface area contributed by atoms with Crippen molar-refractivity contribution in [1.29, 1.82) is 0 Å². The number of para-hydroxylation sites is 1. The largest absolute Gasteiger partial charge is 0.494 e. The number of nitrogens with zero attached hydrogens (tertiary/aromatic N) is 1. The van der Waals surface area contributed by atoms with E-state index in [0.29, 0.717) is 35.1 Å². The van der Waals surface area contributed by atoms with Gasteiger partial charge in [0.15, 0.2) is 0 Å². The van der Waals surface area contributed by atoms with E-state index in [-0.39, 0.29) is 4.91 Å². The molecule has 0 atom stereocenters. The van der Waals surface area contributed by atoms with Crippen LogP contribution < -0.4 is 9.46 Å². The minimum atomic E-state index is -3.65. The van der Waals surface area contributed by atoms with E-state index in [0.717, 1.165) is 11.3 Å². The Bertz CT molecular complexity index is 980. The monoisotopic (exact) mass is 390 g/mol. The fourth-order valence-electron chi connectivity index (χ4n) is 2.78. The summed E-state index contributed by atoms with van der Waals surface area (Å²) in [5.74, 6) is 1.10. The van der Waals surface area contributed by atoms with Crippen LogP contribution in [0.5, 0.6) is 5.75 Å². The minimum Gasteiger partial charge on any atom is -0.494 e. The highest BCUT2D eigenvalue weighted by atomic mass is 35.5. The SMILES string of the molecule is CCOc1ccccc1CN=C1NS(=O)(=O)C(c2ccc(Cl)cc2)=C1C. The number of nitrogens with one attached hydrogen (secondary N) is 1. The first-order valence-corrected chi connectivity index (χ1v) is 10.0. The molecule has 0 radical (unpaired) electrons. The Labute approximate surface area is 158 Å². The molecule has 1 N–H and O–H groups in total. The van der Waals surface area contributed by atoms with Crippen LogP contribution in [0.4, 0.5) is 0 Å². The molecule has 1 aliphatic rings. The lowest BCUT2D eigenvalue weighted by Gasteiger charge is -2.08. The first-order valence-electron chi connectivity index (χ1n) is 8.17. The van der Waals surface area contributed by atoms with Crippen LogP contribution >= 0.6 is 11.6 Å². The van der Waals surface area contributed by atoms with Gasteiger partial charge in [-0.1, -0.05) is 41.9 Å². The van der Waals surface area contributed by atoms with Crippen LogP contribution in [0.25, 0.3) is 4.91 Å². The Morgan fingerprint density at radius 3 is 2.50 bits per heavy atom. The Balaban J connectivity index is 1.94. The summed E-state index contributed by atoms with van der Waals surface area (Å²) in [6, 6.07) is 14.3. The highest BCUT2D eigenvalue weighted by molar-refractivity contribution is 8.00. The topological polar surface area (TPSA) is 67.8 Å². The van der Waals surface area contributed by atoms with E-state index in [1.54, 1.807) is 31.2 Å². The van der Waals surface area contributed by atoms with E-state index in [9.17, 15) is 8.42 Å². The van der Waals surface area contributed by atoms with Crippen molar-refractivity contribution in [2.45, 2.75) is 20.4 Å². The van der Waals surface area contributed by atoms with Gasteiger partial charge in [0, 0.05) is 16.2 Å². The highest BCUT2D eigenvalue weighted by Gasteiger charge is 2.32. The van der Waals surface area contributed by atoms with Crippen molar-refractivity contribution in [1.82, 2.24) is 4.72 Å². The number of halogens is 1. The number of benzene rings is 2. The van der Waals surface area contributed by atoms with Crippen molar-refractivity contribution in [2.75, 3.05) is 6.61 Å². The maximum absolute atomic E-state index is 12.5. The second kappa shape index (κ2) is 7.51. The standard InChI is InChI=1S/C19H19ClN2O3S/c1-3-25-17-7-5-4-6-15(17)12-21-19-13(2)18(26(23,24)22-19)14-8-10-16(20)11-9-14/h4-11H,3,12H2,1-2H3,(H,21,22). The molecule has 0 spiro atoms. The second-order valence-corrected chi connectivity index (χ2v) is 7.83. The van der Waals surface area contributed by atoms with Crippen LogP contribution in [0.3, 0.4) is 0 Å². The van der Waals surface area contributed by atoms with Crippen LogP contribution in [0, 0.1) is 0 Å². The predicted octanol–water partition coefficient (Wildman–Crippen LogP) is 4.00. The molecule has 26 heavy (non-hydrogen) atoms. The quantitative estimate of drug-likeness (QED) is 0.838. The van der Waals surface area contributed by atoms with Crippen LogP contribution in [0.1, 0.15) is 25.0 Å². The van der Waals surface area contributed by atoms with E-state index in [1.807, 2.05) is 31.2 Å². The molecule has 0 aliphatic carbocycles. The number of ether oxygens (including phenoxy) is 1. The number of sulfonamides is 1. The van der Waals surface area contributed by atoms with Crippen molar-refractivity contribution in [3.63, 3.8) is 0 Å². The molecule has 1 aliphatic heterocycles. The van der Waals surface area contributed by atoms with Gasteiger partial charge in [-0.25, -0.2) is 8.42 Å². The number of rotatable bonds is 5. The van der Waals surface area contributed by atoms with E-state index in [2.05, 4.69) is 9.71 Å². The lowest BCUT2D eigenvalue weighted by Crippen LogP contribution is -2.23. The smallest absolute Gasteiger partial charge is 0.264 e. The molecule has 0 aromatic heterocycles.